The zero-order valence-electron chi connectivity index (χ0n) is 8.84. The summed E-state index contributed by atoms with van der Waals surface area (Å²) in [7, 11) is 1.27. The molecule has 1 aliphatic carbocycles. The Bertz CT molecular complexity index is 388. The van der Waals surface area contributed by atoms with Gasteiger partial charge in [0.05, 0.1) is 13.2 Å². The van der Waals surface area contributed by atoms with Crippen LogP contribution in [0.4, 0.5) is 0 Å². The predicted octanol–water partition coefficient (Wildman–Crippen LogP) is 0.0461. The van der Waals surface area contributed by atoms with Crippen LogP contribution in [0, 0.1) is 11.3 Å². The van der Waals surface area contributed by atoms with E-state index in [-0.39, 0.29) is 12.0 Å². The van der Waals surface area contributed by atoms with E-state index in [0.717, 1.165) is 6.42 Å². The van der Waals surface area contributed by atoms with Crippen molar-refractivity contribution in [1.82, 2.24) is 0 Å². The quantitative estimate of drug-likeness (QED) is 0.357. The molecule has 0 N–H and O–H groups in total. The van der Waals surface area contributed by atoms with E-state index in [1.165, 1.54) is 7.11 Å². The third-order valence-electron chi connectivity index (χ3n) is 3.66. The van der Waals surface area contributed by atoms with Crippen molar-refractivity contribution in [2.24, 2.45) is 11.3 Å². The van der Waals surface area contributed by atoms with Gasteiger partial charge in [-0.25, -0.2) is 0 Å². The Morgan fingerprint density at radius 2 is 2.44 bits per heavy atom. The molecule has 0 amide bonds. The van der Waals surface area contributed by atoms with Gasteiger partial charge in [-0.3, -0.25) is 9.59 Å². The van der Waals surface area contributed by atoms with Crippen LogP contribution >= 0.6 is 0 Å². The Labute approximate surface area is 92.3 Å². The molecule has 0 saturated carbocycles. The van der Waals surface area contributed by atoms with E-state index >= 15 is 0 Å². The summed E-state index contributed by atoms with van der Waals surface area (Å²) < 4.78 is 15.5. The van der Waals surface area contributed by atoms with Crippen LogP contribution in [0.15, 0.2) is 12.2 Å². The minimum Gasteiger partial charge on any atom is -0.468 e. The van der Waals surface area contributed by atoms with Gasteiger partial charge in [-0.2, -0.15) is 0 Å². The monoisotopic (exact) mass is 224 g/mol. The lowest BCUT2D eigenvalue weighted by molar-refractivity contribution is -0.196. The van der Waals surface area contributed by atoms with Crippen LogP contribution in [-0.4, -0.2) is 37.9 Å². The maximum absolute atomic E-state index is 11.9. The SMILES string of the molecule is COC(=O)C12C=CC(OC1=O)C1CCOC12. The van der Waals surface area contributed by atoms with Crippen molar-refractivity contribution >= 4 is 11.9 Å². The second-order valence-corrected chi connectivity index (χ2v) is 4.33. The highest BCUT2D eigenvalue weighted by atomic mass is 16.6. The third-order valence-corrected chi connectivity index (χ3v) is 3.66. The van der Waals surface area contributed by atoms with Crippen molar-refractivity contribution in [1.29, 1.82) is 0 Å². The Balaban J connectivity index is 2.11. The highest BCUT2D eigenvalue weighted by molar-refractivity contribution is 6.04. The van der Waals surface area contributed by atoms with Crippen LogP contribution in [0.25, 0.3) is 0 Å². The van der Waals surface area contributed by atoms with Crippen molar-refractivity contribution < 1.29 is 23.8 Å². The van der Waals surface area contributed by atoms with Gasteiger partial charge in [0.25, 0.3) is 0 Å². The number of esters is 2. The van der Waals surface area contributed by atoms with Gasteiger partial charge in [0.1, 0.15) is 6.10 Å². The summed E-state index contributed by atoms with van der Waals surface area (Å²) in [6.45, 7) is 0.558. The summed E-state index contributed by atoms with van der Waals surface area (Å²) in [6, 6.07) is 0. The van der Waals surface area contributed by atoms with E-state index in [9.17, 15) is 9.59 Å². The van der Waals surface area contributed by atoms with Crippen molar-refractivity contribution in [2.75, 3.05) is 13.7 Å². The molecule has 0 aromatic carbocycles. The average molecular weight is 224 g/mol. The summed E-state index contributed by atoms with van der Waals surface area (Å²) in [4.78, 5) is 23.7. The lowest BCUT2D eigenvalue weighted by Crippen LogP contribution is -2.61. The van der Waals surface area contributed by atoms with Crippen molar-refractivity contribution in [3.63, 3.8) is 0 Å². The van der Waals surface area contributed by atoms with Gasteiger partial charge >= 0.3 is 11.9 Å². The fraction of sp³-hybridized carbons (Fsp3) is 0.636. The van der Waals surface area contributed by atoms with Gasteiger partial charge in [-0.05, 0) is 12.5 Å². The summed E-state index contributed by atoms with van der Waals surface area (Å²) in [6.07, 6.45) is 3.50. The Morgan fingerprint density at radius 1 is 1.62 bits per heavy atom. The Hall–Kier alpha value is -1.36. The molecule has 86 valence electrons. The van der Waals surface area contributed by atoms with Crippen molar-refractivity contribution in [2.45, 2.75) is 18.6 Å². The minimum absolute atomic E-state index is 0.0850. The molecule has 16 heavy (non-hydrogen) atoms. The van der Waals surface area contributed by atoms with Crippen molar-refractivity contribution in [3.8, 4) is 0 Å². The molecule has 4 rings (SSSR count). The topological polar surface area (TPSA) is 61.8 Å². The summed E-state index contributed by atoms with van der Waals surface area (Å²) in [5.41, 5.74) is -1.37. The van der Waals surface area contributed by atoms with E-state index in [1.807, 2.05) is 0 Å². The van der Waals surface area contributed by atoms with E-state index < -0.39 is 23.5 Å². The standard InChI is InChI=1S/C11H12O5/c1-14-9(12)11-4-2-7(16-10(11)13)6-3-5-15-8(6)11/h2,4,6-8H,3,5H2,1H3. The maximum Gasteiger partial charge on any atom is 0.330 e. The molecule has 2 saturated heterocycles. The molecule has 2 fully saturated rings. The average Bonchev–Trinajstić information content (AvgIpc) is 2.79. The van der Waals surface area contributed by atoms with Crippen LogP contribution < -0.4 is 0 Å². The number of hydrogen-bond acceptors (Lipinski definition) is 5. The number of fused-ring (bicyclic) bond motifs is 1. The zero-order valence-corrected chi connectivity index (χ0v) is 8.84. The molecule has 3 aliphatic heterocycles. The second kappa shape index (κ2) is 3.07. The lowest BCUT2D eigenvalue weighted by atomic mass is 9.68. The molecular formula is C11H12O5. The first-order valence-electron chi connectivity index (χ1n) is 5.30. The fourth-order valence-electron chi connectivity index (χ4n) is 2.86. The van der Waals surface area contributed by atoms with Crippen LogP contribution in [0.1, 0.15) is 6.42 Å². The number of carbonyl (C=O) groups is 2. The second-order valence-electron chi connectivity index (χ2n) is 4.33. The Morgan fingerprint density at radius 3 is 3.12 bits per heavy atom. The van der Waals surface area contributed by atoms with Crippen LogP contribution in [0.5, 0.6) is 0 Å². The van der Waals surface area contributed by atoms with Crippen LogP contribution in [-0.2, 0) is 23.8 Å². The largest absolute Gasteiger partial charge is 0.468 e. The summed E-state index contributed by atoms with van der Waals surface area (Å²) >= 11 is 0. The highest BCUT2D eigenvalue weighted by Crippen LogP contribution is 2.49. The molecule has 4 aliphatic rings. The van der Waals surface area contributed by atoms with Crippen LogP contribution in [0.2, 0.25) is 0 Å². The van der Waals surface area contributed by atoms with Gasteiger partial charge in [-0.1, -0.05) is 6.08 Å². The molecule has 5 heteroatoms. The smallest absolute Gasteiger partial charge is 0.330 e. The first-order chi connectivity index (χ1) is 7.70. The molecule has 3 heterocycles. The highest BCUT2D eigenvalue weighted by Gasteiger charge is 2.65. The van der Waals surface area contributed by atoms with Gasteiger partial charge in [-0.15, -0.1) is 0 Å². The van der Waals surface area contributed by atoms with Crippen LogP contribution in [0.3, 0.4) is 0 Å². The molecule has 2 bridgehead atoms. The normalized spacial score (nSPS) is 44.1. The van der Waals surface area contributed by atoms with E-state index in [2.05, 4.69) is 0 Å². The fourth-order valence-corrected chi connectivity index (χ4v) is 2.86. The maximum atomic E-state index is 11.9. The number of ether oxygens (including phenoxy) is 3. The Kier molecular flexibility index (Phi) is 1.89. The molecule has 5 nitrogen and oxygen atoms in total. The number of hydrogen-bond donors (Lipinski definition) is 0. The zero-order chi connectivity index (χ0) is 11.3. The molecular weight excluding hydrogens is 212 g/mol. The van der Waals surface area contributed by atoms with Gasteiger partial charge < -0.3 is 14.2 Å². The van der Waals surface area contributed by atoms with E-state index in [0.29, 0.717) is 6.61 Å². The third kappa shape index (κ3) is 0.942. The van der Waals surface area contributed by atoms with E-state index in [1.54, 1.807) is 12.2 Å². The minimum atomic E-state index is -1.37. The number of carbonyl (C=O) groups excluding carboxylic acids is 2. The molecule has 0 spiro atoms. The van der Waals surface area contributed by atoms with Gasteiger partial charge in [0, 0.05) is 12.5 Å². The number of methoxy groups -OCH3 is 1. The molecule has 0 radical (unpaired) electrons. The molecule has 4 unspecified atom stereocenters. The van der Waals surface area contributed by atoms with E-state index in [4.69, 9.17) is 14.2 Å². The molecule has 4 atom stereocenters. The van der Waals surface area contributed by atoms with Gasteiger partial charge in [0.15, 0.2) is 0 Å². The first-order valence-corrected chi connectivity index (χ1v) is 5.30. The predicted molar refractivity (Wildman–Crippen MR) is 51.3 cm³/mol. The summed E-state index contributed by atoms with van der Waals surface area (Å²) in [5, 5.41) is 0. The first kappa shape index (κ1) is 9.84. The molecule has 0 aromatic rings. The summed E-state index contributed by atoms with van der Waals surface area (Å²) in [5.74, 6) is -1.05. The van der Waals surface area contributed by atoms with Crippen molar-refractivity contribution in [3.05, 3.63) is 12.2 Å². The number of rotatable bonds is 1. The molecule has 0 aromatic heterocycles. The lowest BCUT2D eigenvalue weighted by Gasteiger charge is -2.45. The van der Waals surface area contributed by atoms with Gasteiger partial charge in [0.2, 0.25) is 5.41 Å².